The molecule has 1 heterocycles. The van der Waals surface area contributed by atoms with Gasteiger partial charge in [-0.3, -0.25) is 9.59 Å². The van der Waals surface area contributed by atoms with Crippen molar-refractivity contribution in [1.82, 2.24) is 4.90 Å². The Labute approximate surface area is 141 Å². The van der Waals surface area contributed by atoms with E-state index in [1.807, 2.05) is 30.3 Å². The van der Waals surface area contributed by atoms with E-state index in [1.165, 1.54) is 0 Å². The molecular weight excluding hydrogens is 302 g/mol. The summed E-state index contributed by atoms with van der Waals surface area (Å²) in [5.74, 6) is -0.214. The van der Waals surface area contributed by atoms with Crippen LogP contribution in [0.5, 0.6) is 0 Å². The highest BCUT2D eigenvalue weighted by molar-refractivity contribution is 6.07. The first-order valence-corrected chi connectivity index (χ1v) is 8.04. The van der Waals surface area contributed by atoms with E-state index >= 15 is 0 Å². The number of benzene rings is 2. The molecule has 1 aliphatic heterocycles. The summed E-state index contributed by atoms with van der Waals surface area (Å²) in [5.41, 5.74) is 7.70. The lowest BCUT2D eigenvalue weighted by atomic mass is 10.1. The van der Waals surface area contributed by atoms with E-state index in [1.54, 1.807) is 41.1 Å². The molecule has 2 aromatic carbocycles. The summed E-state index contributed by atoms with van der Waals surface area (Å²) in [4.78, 5) is 28.6. The summed E-state index contributed by atoms with van der Waals surface area (Å²) >= 11 is 0. The lowest BCUT2D eigenvalue weighted by molar-refractivity contribution is 0.0791. The van der Waals surface area contributed by atoms with E-state index < -0.39 is 0 Å². The number of nitrogens with zero attached hydrogens (tertiary/aromatic N) is 2. The number of nitrogens with two attached hydrogens (primary N) is 1. The molecule has 1 atom stereocenters. The highest BCUT2D eigenvalue weighted by Gasteiger charge is 2.25. The summed E-state index contributed by atoms with van der Waals surface area (Å²) < 4.78 is 0. The van der Waals surface area contributed by atoms with Crippen molar-refractivity contribution in [3.8, 4) is 0 Å². The van der Waals surface area contributed by atoms with E-state index in [2.05, 4.69) is 0 Å². The third-order valence-corrected chi connectivity index (χ3v) is 4.32. The standard InChI is InChI=1S/C19H21N3O2/c1-21(17-8-3-2-4-9-17)18(23)14-6-5-7-15(12-14)19(24)22-11-10-16(20)13-22/h2-9,12,16H,10-11,13,20H2,1H3/t16-/m1/s1. The number of para-hydroxylation sites is 1. The van der Waals surface area contributed by atoms with Crippen molar-refractivity contribution in [3.63, 3.8) is 0 Å². The minimum atomic E-state index is -0.144. The van der Waals surface area contributed by atoms with Crippen LogP contribution in [0.15, 0.2) is 54.6 Å². The van der Waals surface area contributed by atoms with Gasteiger partial charge in [0.05, 0.1) is 0 Å². The fourth-order valence-electron chi connectivity index (χ4n) is 2.90. The Morgan fingerprint density at radius 3 is 2.46 bits per heavy atom. The van der Waals surface area contributed by atoms with Crippen LogP contribution in [-0.2, 0) is 0 Å². The molecule has 124 valence electrons. The smallest absolute Gasteiger partial charge is 0.258 e. The zero-order valence-electron chi connectivity index (χ0n) is 13.7. The van der Waals surface area contributed by atoms with Gasteiger partial charge in [0.15, 0.2) is 0 Å². The minimum absolute atomic E-state index is 0.0444. The second-order valence-electron chi connectivity index (χ2n) is 6.08. The van der Waals surface area contributed by atoms with Crippen LogP contribution in [0, 0.1) is 0 Å². The van der Waals surface area contributed by atoms with Gasteiger partial charge in [0.2, 0.25) is 0 Å². The summed E-state index contributed by atoms with van der Waals surface area (Å²) in [6, 6.07) is 16.3. The molecule has 0 aliphatic carbocycles. The fourth-order valence-corrected chi connectivity index (χ4v) is 2.90. The van der Waals surface area contributed by atoms with Crippen molar-refractivity contribution in [1.29, 1.82) is 0 Å². The maximum absolute atomic E-state index is 12.7. The Hall–Kier alpha value is -2.66. The van der Waals surface area contributed by atoms with Gasteiger partial charge in [0, 0.05) is 43.0 Å². The van der Waals surface area contributed by atoms with Crippen molar-refractivity contribution in [2.24, 2.45) is 5.73 Å². The number of carbonyl (C=O) groups excluding carboxylic acids is 2. The number of rotatable bonds is 3. The molecule has 1 saturated heterocycles. The number of hydrogen-bond donors (Lipinski definition) is 1. The van der Waals surface area contributed by atoms with Crippen LogP contribution in [0.2, 0.25) is 0 Å². The molecule has 0 unspecified atom stereocenters. The second-order valence-corrected chi connectivity index (χ2v) is 6.08. The maximum Gasteiger partial charge on any atom is 0.258 e. The van der Waals surface area contributed by atoms with Gasteiger partial charge in [-0.1, -0.05) is 24.3 Å². The van der Waals surface area contributed by atoms with Gasteiger partial charge in [-0.25, -0.2) is 0 Å². The summed E-state index contributed by atoms with van der Waals surface area (Å²) in [6.07, 6.45) is 0.821. The number of anilines is 1. The van der Waals surface area contributed by atoms with Crippen LogP contribution in [-0.4, -0.2) is 42.9 Å². The van der Waals surface area contributed by atoms with Crippen molar-refractivity contribution < 1.29 is 9.59 Å². The van der Waals surface area contributed by atoms with Crippen LogP contribution in [0.4, 0.5) is 5.69 Å². The second kappa shape index (κ2) is 6.84. The molecule has 2 N–H and O–H groups in total. The third kappa shape index (κ3) is 3.31. The van der Waals surface area contributed by atoms with E-state index in [0.717, 1.165) is 12.1 Å². The first kappa shape index (κ1) is 16.2. The van der Waals surface area contributed by atoms with E-state index in [4.69, 9.17) is 5.73 Å². The van der Waals surface area contributed by atoms with Gasteiger partial charge >= 0.3 is 0 Å². The molecule has 0 radical (unpaired) electrons. The van der Waals surface area contributed by atoms with Crippen molar-refractivity contribution in [3.05, 3.63) is 65.7 Å². The van der Waals surface area contributed by atoms with E-state index in [9.17, 15) is 9.59 Å². The van der Waals surface area contributed by atoms with Gasteiger partial charge in [0.1, 0.15) is 0 Å². The van der Waals surface area contributed by atoms with Crippen LogP contribution < -0.4 is 10.6 Å². The fraction of sp³-hybridized carbons (Fsp3) is 0.263. The lowest BCUT2D eigenvalue weighted by Gasteiger charge is -2.19. The predicted molar refractivity (Wildman–Crippen MR) is 94.1 cm³/mol. The average molecular weight is 323 g/mol. The van der Waals surface area contributed by atoms with Gasteiger partial charge in [-0.2, -0.15) is 0 Å². The van der Waals surface area contributed by atoms with E-state index in [-0.39, 0.29) is 17.9 Å². The number of likely N-dealkylation sites (tertiary alicyclic amines) is 1. The Kier molecular flexibility index (Phi) is 4.62. The quantitative estimate of drug-likeness (QED) is 0.941. The zero-order chi connectivity index (χ0) is 17.1. The maximum atomic E-state index is 12.7. The SMILES string of the molecule is CN(C(=O)c1cccc(C(=O)N2CC[C@@H](N)C2)c1)c1ccccc1. The molecule has 0 bridgehead atoms. The molecule has 0 saturated carbocycles. The first-order valence-electron chi connectivity index (χ1n) is 8.04. The molecule has 5 nitrogen and oxygen atoms in total. The number of carbonyl (C=O) groups is 2. The van der Waals surface area contributed by atoms with Crippen LogP contribution in [0.25, 0.3) is 0 Å². The van der Waals surface area contributed by atoms with Gasteiger partial charge < -0.3 is 15.5 Å². The molecule has 1 aliphatic rings. The Bertz CT molecular complexity index is 745. The molecule has 3 rings (SSSR count). The molecule has 2 amide bonds. The minimum Gasteiger partial charge on any atom is -0.337 e. The molecule has 1 fully saturated rings. The van der Waals surface area contributed by atoms with Crippen LogP contribution in [0.1, 0.15) is 27.1 Å². The summed E-state index contributed by atoms with van der Waals surface area (Å²) in [7, 11) is 1.73. The highest BCUT2D eigenvalue weighted by Crippen LogP contribution is 2.17. The van der Waals surface area contributed by atoms with Crippen molar-refractivity contribution in [2.75, 3.05) is 25.0 Å². The Balaban J connectivity index is 1.80. The topological polar surface area (TPSA) is 66.6 Å². The van der Waals surface area contributed by atoms with Crippen molar-refractivity contribution in [2.45, 2.75) is 12.5 Å². The molecule has 0 aromatic heterocycles. The molecule has 24 heavy (non-hydrogen) atoms. The largest absolute Gasteiger partial charge is 0.337 e. The van der Waals surface area contributed by atoms with Gasteiger partial charge in [0.25, 0.3) is 11.8 Å². The average Bonchev–Trinajstić information content (AvgIpc) is 3.07. The summed E-state index contributed by atoms with van der Waals surface area (Å²) in [6.45, 7) is 1.24. The Morgan fingerprint density at radius 2 is 1.79 bits per heavy atom. The molecule has 2 aromatic rings. The predicted octanol–water partition coefficient (Wildman–Crippen LogP) is 2.14. The molecular formula is C19H21N3O2. The lowest BCUT2D eigenvalue weighted by Crippen LogP contribution is -2.32. The number of amides is 2. The normalized spacial score (nSPS) is 16.9. The number of hydrogen-bond acceptors (Lipinski definition) is 3. The highest BCUT2D eigenvalue weighted by atomic mass is 16.2. The third-order valence-electron chi connectivity index (χ3n) is 4.32. The summed E-state index contributed by atoms with van der Waals surface area (Å²) in [5, 5.41) is 0. The molecule has 5 heteroatoms. The van der Waals surface area contributed by atoms with Crippen molar-refractivity contribution >= 4 is 17.5 Å². The Morgan fingerprint density at radius 1 is 1.08 bits per heavy atom. The van der Waals surface area contributed by atoms with Gasteiger partial charge in [-0.15, -0.1) is 0 Å². The van der Waals surface area contributed by atoms with E-state index in [0.29, 0.717) is 24.2 Å². The zero-order valence-corrected chi connectivity index (χ0v) is 13.7. The van der Waals surface area contributed by atoms with Crippen LogP contribution >= 0.6 is 0 Å². The monoisotopic (exact) mass is 323 g/mol. The molecule has 0 spiro atoms. The van der Waals surface area contributed by atoms with Gasteiger partial charge in [-0.05, 0) is 36.8 Å². The van der Waals surface area contributed by atoms with Crippen LogP contribution in [0.3, 0.4) is 0 Å². The first-order chi connectivity index (χ1) is 11.6.